The molecule has 1 amide bonds. The Balaban J connectivity index is 2.56. The summed E-state index contributed by atoms with van der Waals surface area (Å²) in [4.78, 5) is 63.7. The molecule has 2 bridgehead atoms. The molecule has 0 saturated carbocycles. The summed E-state index contributed by atoms with van der Waals surface area (Å²) in [5.74, 6) is -4.21. The summed E-state index contributed by atoms with van der Waals surface area (Å²) in [5, 5.41) is 12.9. The number of aliphatic hydroxyl groups excluding tert-OH is 1. The molecule has 0 aromatic rings. The van der Waals surface area contributed by atoms with Gasteiger partial charge in [-0.2, -0.15) is 0 Å². The molecule has 214 valence electrons. The van der Waals surface area contributed by atoms with Gasteiger partial charge in [0.05, 0.1) is 18.1 Å². The van der Waals surface area contributed by atoms with Gasteiger partial charge < -0.3 is 19.9 Å². The number of Topliss-reactive ketones (excluding diaryl/α,β-unsaturated/α-hetero) is 2. The monoisotopic (exact) mass is 543 g/mol. The number of allylic oxidation sites excluding steroid dienone is 4. The van der Waals surface area contributed by atoms with Crippen LogP contribution in [0.25, 0.3) is 0 Å². The molecule has 6 atom stereocenters. The number of ketones is 2. The number of carbonyl (C=O) groups is 5. The molecule has 1 fully saturated rings. The summed E-state index contributed by atoms with van der Waals surface area (Å²) in [7, 11) is 0. The maximum atomic E-state index is 13.8. The smallest absolute Gasteiger partial charge is 0.322 e. The SMILES string of the molecule is CCCCC(=O)O[C@@H]1/C=C\C(C)=C/C[C@H](O)/C=C/C(C)=C\[C@@H](NC(=O)C(C)=O)[C@]2(C)C(=O)O[C@H](C1)[C@@H](C)C2=O. The van der Waals surface area contributed by atoms with Crippen LogP contribution in [0.15, 0.2) is 47.6 Å². The molecule has 0 aromatic heterocycles. The molecule has 1 saturated heterocycles. The van der Waals surface area contributed by atoms with Gasteiger partial charge in [-0.25, -0.2) is 0 Å². The van der Waals surface area contributed by atoms with Gasteiger partial charge in [-0.1, -0.05) is 61.8 Å². The number of fused-ring (bicyclic) bond motifs is 10. The number of unbranched alkanes of at least 4 members (excludes halogenated alkanes) is 1. The maximum Gasteiger partial charge on any atom is 0.322 e. The van der Waals surface area contributed by atoms with Crippen LogP contribution in [0.4, 0.5) is 0 Å². The van der Waals surface area contributed by atoms with E-state index in [2.05, 4.69) is 5.32 Å². The average Bonchev–Trinajstić information content (AvgIpc) is 2.88. The van der Waals surface area contributed by atoms with E-state index in [9.17, 15) is 29.1 Å². The second kappa shape index (κ2) is 14.2. The highest BCUT2D eigenvalue weighted by atomic mass is 16.6. The molecule has 39 heavy (non-hydrogen) atoms. The molecule has 3 rings (SSSR count). The van der Waals surface area contributed by atoms with Crippen molar-refractivity contribution in [2.75, 3.05) is 0 Å². The van der Waals surface area contributed by atoms with Gasteiger partial charge in [-0.05, 0) is 39.7 Å². The lowest BCUT2D eigenvalue weighted by Gasteiger charge is -2.42. The molecule has 2 aliphatic heterocycles. The molecule has 0 radical (unpaired) electrons. The van der Waals surface area contributed by atoms with Crippen molar-refractivity contribution in [1.29, 1.82) is 0 Å². The minimum Gasteiger partial charge on any atom is -0.461 e. The van der Waals surface area contributed by atoms with Gasteiger partial charge in [0.15, 0.2) is 5.78 Å². The number of nitrogens with one attached hydrogen (secondary N) is 1. The lowest BCUT2D eigenvalue weighted by atomic mass is 9.69. The molecule has 0 unspecified atom stereocenters. The summed E-state index contributed by atoms with van der Waals surface area (Å²) < 4.78 is 11.5. The van der Waals surface area contributed by atoms with E-state index >= 15 is 0 Å². The van der Waals surface area contributed by atoms with E-state index < -0.39 is 65.1 Å². The summed E-state index contributed by atoms with van der Waals surface area (Å²) in [5.41, 5.74) is -0.425. The lowest BCUT2D eigenvalue weighted by molar-refractivity contribution is -0.182. The van der Waals surface area contributed by atoms with E-state index in [1.807, 2.05) is 19.9 Å². The molecule has 0 aromatic carbocycles. The first kappa shape index (κ1) is 31.9. The van der Waals surface area contributed by atoms with Crippen molar-refractivity contribution in [2.45, 2.75) is 98.0 Å². The fraction of sp³-hybridized carbons (Fsp3) is 0.567. The Morgan fingerprint density at radius 3 is 2.46 bits per heavy atom. The summed E-state index contributed by atoms with van der Waals surface area (Å²) in [6, 6.07) is -1.18. The third-order valence-corrected chi connectivity index (χ3v) is 7.14. The third kappa shape index (κ3) is 8.58. The molecular weight excluding hydrogens is 502 g/mol. The van der Waals surface area contributed by atoms with Gasteiger partial charge in [0.1, 0.15) is 17.6 Å². The van der Waals surface area contributed by atoms with Gasteiger partial charge in [0.2, 0.25) is 5.78 Å². The van der Waals surface area contributed by atoms with Gasteiger partial charge >= 0.3 is 11.9 Å². The Kier molecular flexibility index (Phi) is 11.6. The Labute approximate surface area is 230 Å². The molecule has 9 heteroatoms. The number of carbonyl (C=O) groups excluding carboxylic acids is 5. The number of hydrogen-bond donors (Lipinski definition) is 2. The van der Waals surface area contributed by atoms with Crippen LogP contribution in [0.3, 0.4) is 0 Å². The number of esters is 2. The zero-order chi connectivity index (χ0) is 29.3. The van der Waals surface area contributed by atoms with Crippen molar-refractivity contribution in [3.63, 3.8) is 0 Å². The van der Waals surface area contributed by atoms with E-state index in [0.717, 1.165) is 18.9 Å². The van der Waals surface area contributed by atoms with Crippen molar-refractivity contribution < 1.29 is 38.6 Å². The summed E-state index contributed by atoms with van der Waals surface area (Å²) >= 11 is 0. The predicted octanol–water partition coefficient (Wildman–Crippen LogP) is 3.46. The van der Waals surface area contributed by atoms with Crippen molar-refractivity contribution in [3.8, 4) is 0 Å². The van der Waals surface area contributed by atoms with Crippen molar-refractivity contribution in [3.05, 3.63) is 47.6 Å². The van der Waals surface area contributed by atoms with Gasteiger partial charge in [0, 0.05) is 19.8 Å². The van der Waals surface area contributed by atoms with Crippen molar-refractivity contribution in [2.24, 2.45) is 11.3 Å². The van der Waals surface area contributed by atoms with Crippen LogP contribution in [0.2, 0.25) is 0 Å². The fourth-order valence-electron chi connectivity index (χ4n) is 4.47. The first-order valence-electron chi connectivity index (χ1n) is 13.5. The predicted molar refractivity (Wildman–Crippen MR) is 145 cm³/mol. The average molecular weight is 544 g/mol. The number of amides is 1. The molecule has 2 heterocycles. The largest absolute Gasteiger partial charge is 0.461 e. The van der Waals surface area contributed by atoms with E-state index in [4.69, 9.17) is 9.47 Å². The van der Waals surface area contributed by atoms with E-state index in [-0.39, 0.29) is 12.8 Å². The Hall–Kier alpha value is -3.33. The summed E-state index contributed by atoms with van der Waals surface area (Å²) in [6.45, 7) is 9.62. The van der Waals surface area contributed by atoms with Crippen LogP contribution < -0.4 is 5.32 Å². The van der Waals surface area contributed by atoms with E-state index in [1.165, 1.54) is 13.0 Å². The Morgan fingerprint density at radius 1 is 1.15 bits per heavy atom. The normalized spacial score (nSPS) is 34.4. The fourth-order valence-corrected chi connectivity index (χ4v) is 4.47. The Bertz CT molecular complexity index is 1080. The number of rotatable bonds is 6. The first-order valence-corrected chi connectivity index (χ1v) is 13.5. The second-order valence-electron chi connectivity index (χ2n) is 10.6. The quantitative estimate of drug-likeness (QED) is 0.295. The molecule has 1 aliphatic carbocycles. The van der Waals surface area contributed by atoms with Crippen molar-refractivity contribution in [1.82, 2.24) is 5.32 Å². The van der Waals surface area contributed by atoms with E-state index in [1.54, 1.807) is 38.2 Å². The zero-order valence-corrected chi connectivity index (χ0v) is 23.7. The van der Waals surface area contributed by atoms with Crippen LogP contribution in [0.5, 0.6) is 0 Å². The first-order chi connectivity index (χ1) is 18.3. The number of ether oxygens (including phenoxy) is 2. The Morgan fingerprint density at radius 2 is 1.82 bits per heavy atom. The number of hydrogen-bond acceptors (Lipinski definition) is 8. The lowest BCUT2D eigenvalue weighted by Crippen LogP contribution is -2.61. The molecule has 9 nitrogen and oxygen atoms in total. The third-order valence-electron chi connectivity index (χ3n) is 7.14. The molecule has 2 N–H and O–H groups in total. The van der Waals surface area contributed by atoms with Gasteiger partial charge in [-0.3, -0.25) is 24.0 Å². The highest BCUT2D eigenvalue weighted by Crippen LogP contribution is 2.38. The van der Waals surface area contributed by atoms with Crippen LogP contribution in [0, 0.1) is 11.3 Å². The molecule has 3 aliphatic rings. The van der Waals surface area contributed by atoms with Gasteiger partial charge in [-0.15, -0.1) is 0 Å². The maximum absolute atomic E-state index is 13.8. The second-order valence-corrected chi connectivity index (χ2v) is 10.6. The highest BCUT2D eigenvalue weighted by molar-refractivity contribution is 6.35. The topological polar surface area (TPSA) is 136 Å². The highest BCUT2D eigenvalue weighted by Gasteiger charge is 2.56. The summed E-state index contributed by atoms with van der Waals surface area (Å²) in [6.07, 6.45) is 9.67. The van der Waals surface area contributed by atoms with Gasteiger partial charge in [0.25, 0.3) is 5.91 Å². The number of aliphatic hydroxyl groups is 1. The van der Waals surface area contributed by atoms with Crippen molar-refractivity contribution >= 4 is 29.4 Å². The van der Waals surface area contributed by atoms with Crippen LogP contribution in [-0.2, 0) is 33.4 Å². The van der Waals surface area contributed by atoms with Crippen LogP contribution in [-0.4, -0.2) is 58.9 Å². The molecular formula is C30H41NO8. The standard InChI is InChI=1S/C30H41NO8/c1-7-8-9-26(34)38-23-15-12-18(2)10-13-22(33)14-11-19(3)16-25(31-28(36)21(5)32)30(6)27(35)20(4)24(17-23)39-29(30)37/h10-12,14-16,20,22-25,33H,7-9,13,17H2,1-6H3,(H,31,36)/b14-11+,15-12-,18-10-,19-16-/t20-,22+,23-,24-,25-,30+/m1/s1. The zero-order valence-electron chi connectivity index (χ0n) is 23.7. The molecule has 0 spiro atoms. The van der Waals surface area contributed by atoms with E-state index in [0.29, 0.717) is 18.4 Å². The minimum absolute atomic E-state index is 0.0693. The minimum atomic E-state index is -1.82. The van der Waals surface area contributed by atoms with Crippen LogP contribution in [0.1, 0.15) is 73.6 Å². The van der Waals surface area contributed by atoms with Crippen LogP contribution >= 0.6 is 0 Å².